The second-order valence-electron chi connectivity index (χ2n) is 5.90. The standard InChI is InChI=1S/C15H31NO/c1-7-10(3)9-14(16-8-2)15-11(4)12(5)17-13(15)6/h10-16H,7-9H2,1-6H3. The van der Waals surface area contributed by atoms with Crippen LogP contribution >= 0.6 is 0 Å². The molecule has 6 unspecified atom stereocenters. The van der Waals surface area contributed by atoms with Gasteiger partial charge < -0.3 is 10.1 Å². The van der Waals surface area contributed by atoms with Crippen LogP contribution in [0, 0.1) is 17.8 Å². The van der Waals surface area contributed by atoms with Crippen LogP contribution in [-0.4, -0.2) is 24.8 Å². The summed E-state index contributed by atoms with van der Waals surface area (Å²) in [5.41, 5.74) is 0. The highest BCUT2D eigenvalue weighted by Crippen LogP contribution is 2.36. The van der Waals surface area contributed by atoms with Crippen LogP contribution in [-0.2, 0) is 4.74 Å². The van der Waals surface area contributed by atoms with Gasteiger partial charge in [-0.15, -0.1) is 0 Å². The molecule has 0 saturated carbocycles. The number of hydrogen-bond acceptors (Lipinski definition) is 2. The Balaban J connectivity index is 2.68. The second kappa shape index (κ2) is 6.75. The van der Waals surface area contributed by atoms with Crippen molar-refractivity contribution in [3.05, 3.63) is 0 Å². The third-order valence-electron chi connectivity index (χ3n) is 4.60. The van der Waals surface area contributed by atoms with Crippen LogP contribution in [0.4, 0.5) is 0 Å². The van der Waals surface area contributed by atoms with Crippen molar-refractivity contribution >= 4 is 0 Å². The first-order valence-electron chi connectivity index (χ1n) is 7.40. The maximum atomic E-state index is 5.99. The Hall–Kier alpha value is -0.0800. The van der Waals surface area contributed by atoms with Crippen molar-refractivity contribution in [3.63, 3.8) is 0 Å². The van der Waals surface area contributed by atoms with E-state index in [0.717, 1.165) is 12.5 Å². The molecule has 17 heavy (non-hydrogen) atoms. The molecule has 1 heterocycles. The molecule has 1 aliphatic rings. The molecular formula is C15H31NO. The Morgan fingerprint density at radius 3 is 2.18 bits per heavy atom. The third kappa shape index (κ3) is 3.69. The highest BCUT2D eigenvalue weighted by molar-refractivity contribution is 4.92. The predicted octanol–water partition coefficient (Wildman–Crippen LogP) is 3.46. The summed E-state index contributed by atoms with van der Waals surface area (Å²) in [4.78, 5) is 0. The van der Waals surface area contributed by atoms with E-state index in [1.54, 1.807) is 0 Å². The van der Waals surface area contributed by atoms with Crippen LogP contribution in [0.15, 0.2) is 0 Å². The van der Waals surface area contributed by atoms with E-state index in [1.807, 2.05) is 0 Å². The first-order valence-corrected chi connectivity index (χ1v) is 7.40. The van der Waals surface area contributed by atoms with E-state index in [1.165, 1.54) is 12.8 Å². The van der Waals surface area contributed by atoms with Crippen molar-refractivity contribution in [2.24, 2.45) is 17.8 Å². The lowest BCUT2D eigenvalue weighted by Gasteiger charge is -2.31. The van der Waals surface area contributed by atoms with Crippen molar-refractivity contribution in [2.75, 3.05) is 6.54 Å². The van der Waals surface area contributed by atoms with Gasteiger partial charge in [-0.1, -0.05) is 34.1 Å². The minimum atomic E-state index is 0.396. The number of rotatable bonds is 6. The molecule has 0 aromatic heterocycles. The van der Waals surface area contributed by atoms with Gasteiger partial charge in [-0.3, -0.25) is 0 Å². The second-order valence-corrected chi connectivity index (χ2v) is 5.90. The van der Waals surface area contributed by atoms with Crippen LogP contribution in [0.2, 0.25) is 0 Å². The van der Waals surface area contributed by atoms with E-state index in [2.05, 4.69) is 46.9 Å². The van der Waals surface area contributed by atoms with Crippen molar-refractivity contribution in [3.8, 4) is 0 Å². The summed E-state index contributed by atoms with van der Waals surface area (Å²) in [5.74, 6) is 2.13. The summed E-state index contributed by atoms with van der Waals surface area (Å²) in [6.45, 7) is 14.7. The molecule has 1 saturated heterocycles. The molecule has 0 amide bonds. The fourth-order valence-electron chi connectivity index (χ4n) is 3.23. The Labute approximate surface area is 108 Å². The minimum absolute atomic E-state index is 0.396. The zero-order valence-corrected chi connectivity index (χ0v) is 12.5. The molecule has 1 fully saturated rings. The topological polar surface area (TPSA) is 21.3 Å². The van der Waals surface area contributed by atoms with E-state index in [0.29, 0.717) is 30.1 Å². The Bertz CT molecular complexity index is 219. The van der Waals surface area contributed by atoms with Gasteiger partial charge in [0.15, 0.2) is 0 Å². The van der Waals surface area contributed by atoms with Crippen molar-refractivity contribution in [2.45, 2.75) is 72.6 Å². The number of nitrogens with one attached hydrogen (secondary N) is 1. The van der Waals surface area contributed by atoms with Crippen LogP contribution in [0.3, 0.4) is 0 Å². The van der Waals surface area contributed by atoms with Crippen LogP contribution in [0.25, 0.3) is 0 Å². The molecule has 0 aromatic rings. The zero-order valence-electron chi connectivity index (χ0n) is 12.5. The van der Waals surface area contributed by atoms with E-state index >= 15 is 0 Å². The lowest BCUT2D eigenvalue weighted by atomic mass is 9.79. The molecule has 2 nitrogen and oxygen atoms in total. The van der Waals surface area contributed by atoms with Gasteiger partial charge in [0.25, 0.3) is 0 Å². The van der Waals surface area contributed by atoms with Gasteiger partial charge in [-0.05, 0) is 38.6 Å². The lowest BCUT2D eigenvalue weighted by molar-refractivity contribution is 0.0466. The molecule has 1 aliphatic heterocycles. The average molecular weight is 241 g/mol. The molecule has 0 bridgehead atoms. The molecule has 6 atom stereocenters. The Morgan fingerprint density at radius 1 is 1.12 bits per heavy atom. The summed E-state index contributed by atoms with van der Waals surface area (Å²) >= 11 is 0. The van der Waals surface area contributed by atoms with Gasteiger partial charge in [0.05, 0.1) is 12.2 Å². The van der Waals surface area contributed by atoms with E-state index < -0.39 is 0 Å². The van der Waals surface area contributed by atoms with Gasteiger partial charge in [0, 0.05) is 12.0 Å². The van der Waals surface area contributed by atoms with Crippen LogP contribution < -0.4 is 5.32 Å². The molecular weight excluding hydrogens is 210 g/mol. The van der Waals surface area contributed by atoms with Gasteiger partial charge in [0.2, 0.25) is 0 Å². The number of hydrogen-bond donors (Lipinski definition) is 1. The maximum absolute atomic E-state index is 5.99. The summed E-state index contributed by atoms with van der Waals surface area (Å²) in [5, 5.41) is 3.69. The van der Waals surface area contributed by atoms with Gasteiger partial charge in [-0.25, -0.2) is 0 Å². The average Bonchev–Trinajstić information content (AvgIpc) is 2.52. The molecule has 0 aromatic carbocycles. The van der Waals surface area contributed by atoms with Gasteiger partial charge in [-0.2, -0.15) is 0 Å². The van der Waals surface area contributed by atoms with E-state index in [9.17, 15) is 0 Å². The van der Waals surface area contributed by atoms with Crippen molar-refractivity contribution in [1.82, 2.24) is 5.32 Å². The SMILES string of the molecule is CCNC(CC(C)CC)C1C(C)OC(C)C1C. The van der Waals surface area contributed by atoms with Gasteiger partial charge >= 0.3 is 0 Å². The Kier molecular flexibility index (Phi) is 5.94. The highest BCUT2D eigenvalue weighted by Gasteiger charge is 2.41. The van der Waals surface area contributed by atoms with E-state index in [-0.39, 0.29) is 0 Å². The fraction of sp³-hybridized carbons (Fsp3) is 1.00. The minimum Gasteiger partial charge on any atom is -0.375 e. The zero-order chi connectivity index (χ0) is 13.0. The quantitative estimate of drug-likeness (QED) is 0.769. The molecule has 1 rings (SSSR count). The normalized spacial score (nSPS) is 37.1. The Morgan fingerprint density at radius 2 is 1.76 bits per heavy atom. The van der Waals surface area contributed by atoms with E-state index in [4.69, 9.17) is 4.74 Å². The first kappa shape index (κ1) is 15.0. The third-order valence-corrected chi connectivity index (χ3v) is 4.60. The molecule has 0 aliphatic carbocycles. The summed E-state index contributed by atoms with van der Waals surface area (Å²) in [6.07, 6.45) is 3.36. The predicted molar refractivity (Wildman–Crippen MR) is 74.2 cm³/mol. The fourth-order valence-corrected chi connectivity index (χ4v) is 3.23. The van der Waals surface area contributed by atoms with Crippen LogP contribution in [0.5, 0.6) is 0 Å². The number of ether oxygens (including phenoxy) is 1. The van der Waals surface area contributed by atoms with Crippen molar-refractivity contribution in [1.29, 1.82) is 0 Å². The molecule has 102 valence electrons. The molecule has 0 radical (unpaired) electrons. The maximum Gasteiger partial charge on any atom is 0.0597 e. The lowest BCUT2D eigenvalue weighted by Crippen LogP contribution is -2.42. The smallest absolute Gasteiger partial charge is 0.0597 e. The summed E-state index contributed by atoms with van der Waals surface area (Å²) in [7, 11) is 0. The summed E-state index contributed by atoms with van der Waals surface area (Å²) < 4.78 is 5.99. The van der Waals surface area contributed by atoms with Crippen LogP contribution in [0.1, 0.15) is 54.4 Å². The first-order chi connectivity index (χ1) is 8.01. The van der Waals surface area contributed by atoms with Gasteiger partial charge in [0.1, 0.15) is 0 Å². The largest absolute Gasteiger partial charge is 0.375 e. The monoisotopic (exact) mass is 241 g/mol. The highest BCUT2D eigenvalue weighted by atomic mass is 16.5. The van der Waals surface area contributed by atoms with Crippen molar-refractivity contribution < 1.29 is 4.74 Å². The molecule has 2 heteroatoms. The molecule has 0 spiro atoms. The summed E-state index contributed by atoms with van der Waals surface area (Å²) in [6, 6.07) is 0.616. The molecule has 1 N–H and O–H groups in total.